The van der Waals surface area contributed by atoms with Crippen molar-refractivity contribution >= 4 is 11.8 Å². The highest BCUT2D eigenvalue weighted by Crippen LogP contribution is 2.70. The van der Waals surface area contributed by atoms with Crippen LogP contribution in [0.3, 0.4) is 0 Å². The second kappa shape index (κ2) is 6.68. The first-order valence-corrected chi connectivity index (χ1v) is 10.8. The fourth-order valence-corrected chi connectivity index (χ4v) is 7.41. The summed E-state index contributed by atoms with van der Waals surface area (Å²) in [6, 6.07) is 0. The SMILES string of the molecule is CC[C@]12C[C@H](O)[C@@]3(F)[C@@H](C[C@H](F)C4=C(F)C(=O)C=C[C@@]43C)[C@@H]1C[C@H](C)[C@H]2OC(C)=O. The molecule has 0 amide bonds. The van der Waals surface area contributed by atoms with E-state index in [2.05, 4.69) is 0 Å². The minimum absolute atomic E-state index is 0.0344. The molecule has 0 radical (unpaired) electrons. The molecule has 4 aliphatic carbocycles. The van der Waals surface area contributed by atoms with E-state index in [0.717, 1.165) is 6.08 Å². The quantitative estimate of drug-likeness (QED) is 0.674. The molecule has 4 nitrogen and oxygen atoms in total. The molecule has 0 saturated heterocycles. The van der Waals surface area contributed by atoms with Gasteiger partial charge in [-0.25, -0.2) is 13.2 Å². The van der Waals surface area contributed by atoms with Crippen LogP contribution in [0.1, 0.15) is 53.4 Å². The molecule has 9 atom stereocenters. The molecule has 0 aliphatic heterocycles. The number of hydrogen-bond donors (Lipinski definition) is 1. The zero-order chi connectivity index (χ0) is 22.2. The molecule has 4 rings (SSSR count). The van der Waals surface area contributed by atoms with Crippen LogP contribution in [0.2, 0.25) is 0 Å². The van der Waals surface area contributed by atoms with Crippen LogP contribution in [-0.4, -0.2) is 40.9 Å². The molecule has 3 saturated carbocycles. The van der Waals surface area contributed by atoms with Gasteiger partial charge in [-0.1, -0.05) is 19.9 Å². The normalized spacial score (nSPS) is 50.1. The van der Waals surface area contributed by atoms with E-state index in [1.807, 2.05) is 13.8 Å². The summed E-state index contributed by atoms with van der Waals surface area (Å²) in [7, 11) is 0. The summed E-state index contributed by atoms with van der Waals surface area (Å²) in [6.07, 6.45) is -0.844. The van der Waals surface area contributed by atoms with Gasteiger partial charge in [0.1, 0.15) is 12.3 Å². The van der Waals surface area contributed by atoms with Gasteiger partial charge in [0.25, 0.3) is 0 Å². The van der Waals surface area contributed by atoms with Crippen LogP contribution in [0.4, 0.5) is 13.2 Å². The van der Waals surface area contributed by atoms with Gasteiger partial charge in [0.15, 0.2) is 11.5 Å². The van der Waals surface area contributed by atoms with Crippen molar-refractivity contribution in [1.29, 1.82) is 0 Å². The van der Waals surface area contributed by atoms with E-state index < -0.39 is 63.9 Å². The highest BCUT2D eigenvalue weighted by molar-refractivity contribution is 6.04. The molecular formula is C23H29F3O4. The van der Waals surface area contributed by atoms with Gasteiger partial charge in [0, 0.05) is 29.2 Å². The molecule has 0 bridgehead atoms. The molecule has 0 aromatic rings. The summed E-state index contributed by atoms with van der Waals surface area (Å²) in [5.41, 5.74) is -5.24. The molecule has 0 unspecified atom stereocenters. The second-order valence-electron chi connectivity index (χ2n) is 9.86. The van der Waals surface area contributed by atoms with Gasteiger partial charge in [-0.05, 0) is 50.5 Å². The van der Waals surface area contributed by atoms with Crippen LogP contribution in [0.15, 0.2) is 23.6 Å². The van der Waals surface area contributed by atoms with Gasteiger partial charge >= 0.3 is 5.97 Å². The lowest BCUT2D eigenvalue weighted by Gasteiger charge is -2.62. The first-order chi connectivity index (χ1) is 13.9. The van der Waals surface area contributed by atoms with Crippen molar-refractivity contribution in [3.8, 4) is 0 Å². The fraction of sp³-hybridized carbons (Fsp3) is 0.739. The maximum Gasteiger partial charge on any atom is 0.302 e. The van der Waals surface area contributed by atoms with Crippen molar-refractivity contribution in [2.24, 2.45) is 28.6 Å². The third kappa shape index (κ3) is 2.44. The number of fused-ring (bicyclic) bond motifs is 5. The Kier molecular flexibility index (Phi) is 4.81. The topological polar surface area (TPSA) is 63.6 Å². The Balaban J connectivity index is 1.86. The van der Waals surface area contributed by atoms with E-state index in [4.69, 9.17) is 4.74 Å². The Morgan fingerprint density at radius 3 is 2.60 bits per heavy atom. The van der Waals surface area contributed by atoms with Gasteiger partial charge in [-0.2, -0.15) is 0 Å². The zero-order valence-electron chi connectivity index (χ0n) is 17.8. The minimum Gasteiger partial charge on any atom is -0.462 e. The molecule has 166 valence electrons. The molecule has 0 aromatic heterocycles. The van der Waals surface area contributed by atoms with Gasteiger partial charge in [-0.3, -0.25) is 9.59 Å². The third-order valence-corrected chi connectivity index (χ3v) is 8.63. The monoisotopic (exact) mass is 426 g/mol. The number of halogens is 3. The van der Waals surface area contributed by atoms with Crippen molar-refractivity contribution in [2.45, 2.75) is 77.4 Å². The highest BCUT2D eigenvalue weighted by atomic mass is 19.2. The Hall–Kier alpha value is -1.63. The number of aliphatic hydroxyl groups excluding tert-OH is 1. The largest absolute Gasteiger partial charge is 0.462 e. The molecule has 7 heteroatoms. The number of alkyl halides is 2. The highest BCUT2D eigenvalue weighted by Gasteiger charge is 2.74. The lowest BCUT2D eigenvalue weighted by molar-refractivity contribution is -0.217. The van der Waals surface area contributed by atoms with Gasteiger partial charge < -0.3 is 9.84 Å². The maximum atomic E-state index is 17.0. The molecule has 0 aromatic carbocycles. The maximum absolute atomic E-state index is 17.0. The van der Waals surface area contributed by atoms with Gasteiger partial charge in [0.05, 0.1) is 6.10 Å². The first kappa shape index (κ1) is 21.6. The molecule has 4 aliphatic rings. The standard InChI is InChI=1S/C23H29F3O4/c1-5-22-10-17(29)23(26)14(13(22)8-11(2)20(22)30-12(3)27)9-15(24)18-19(25)16(28)6-7-21(18,23)4/h6-7,11,13-15,17,20,29H,5,8-10H2,1-4H3/t11-,13-,14-,15-,17-,20+,21-,22-,23-/m0/s1. The van der Waals surface area contributed by atoms with Crippen molar-refractivity contribution in [2.75, 3.05) is 0 Å². The second-order valence-corrected chi connectivity index (χ2v) is 9.86. The smallest absolute Gasteiger partial charge is 0.302 e. The Morgan fingerprint density at radius 2 is 2.00 bits per heavy atom. The average molecular weight is 426 g/mol. The average Bonchev–Trinajstić information content (AvgIpc) is 2.93. The zero-order valence-corrected chi connectivity index (χ0v) is 17.8. The molecule has 0 spiro atoms. The molecule has 0 heterocycles. The summed E-state index contributed by atoms with van der Waals surface area (Å²) in [5.74, 6) is -3.95. The van der Waals surface area contributed by atoms with E-state index in [-0.39, 0.29) is 24.7 Å². The number of rotatable bonds is 2. The van der Waals surface area contributed by atoms with E-state index in [1.54, 1.807) is 0 Å². The van der Waals surface area contributed by atoms with Crippen molar-refractivity contribution in [1.82, 2.24) is 0 Å². The summed E-state index contributed by atoms with van der Waals surface area (Å²) < 4.78 is 52.6. The first-order valence-electron chi connectivity index (χ1n) is 10.8. The van der Waals surface area contributed by atoms with E-state index in [1.165, 1.54) is 19.9 Å². The van der Waals surface area contributed by atoms with Crippen molar-refractivity contribution < 1.29 is 32.6 Å². The molecule has 1 N–H and O–H groups in total. The molecule has 3 fully saturated rings. The van der Waals surface area contributed by atoms with Crippen molar-refractivity contribution in [3.63, 3.8) is 0 Å². The number of ketones is 1. The van der Waals surface area contributed by atoms with Crippen molar-refractivity contribution in [3.05, 3.63) is 23.6 Å². The van der Waals surface area contributed by atoms with Crippen LogP contribution < -0.4 is 0 Å². The van der Waals surface area contributed by atoms with Gasteiger partial charge in [-0.15, -0.1) is 0 Å². The summed E-state index contributed by atoms with van der Waals surface area (Å²) in [5, 5.41) is 11.2. The van der Waals surface area contributed by atoms with Crippen LogP contribution in [0, 0.1) is 28.6 Å². The van der Waals surface area contributed by atoms with E-state index in [0.29, 0.717) is 12.8 Å². The van der Waals surface area contributed by atoms with Gasteiger partial charge in [0.2, 0.25) is 5.78 Å². The Morgan fingerprint density at radius 1 is 1.33 bits per heavy atom. The lowest BCUT2D eigenvalue weighted by Crippen LogP contribution is -2.69. The third-order valence-electron chi connectivity index (χ3n) is 8.63. The number of aliphatic hydroxyl groups is 1. The minimum atomic E-state index is -2.33. The van der Waals surface area contributed by atoms with E-state index >= 15 is 8.78 Å². The van der Waals surface area contributed by atoms with Crippen LogP contribution >= 0.6 is 0 Å². The molecule has 30 heavy (non-hydrogen) atoms. The van der Waals surface area contributed by atoms with E-state index in [9.17, 15) is 19.1 Å². The Labute approximate surface area is 174 Å². The fourth-order valence-electron chi connectivity index (χ4n) is 7.41. The predicted molar refractivity (Wildman–Crippen MR) is 103 cm³/mol. The predicted octanol–water partition coefficient (Wildman–Crippen LogP) is 4.17. The number of ether oxygens (including phenoxy) is 1. The number of carbonyl (C=O) groups excluding carboxylic acids is 2. The number of esters is 1. The lowest BCUT2D eigenvalue weighted by atomic mass is 9.44. The van der Waals surface area contributed by atoms with Crippen LogP contribution in [0.25, 0.3) is 0 Å². The summed E-state index contributed by atoms with van der Waals surface area (Å²) in [6.45, 7) is 6.55. The molecular weight excluding hydrogens is 397 g/mol. The number of hydrogen-bond acceptors (Lipinski definition) is 4. The number of carbonyl (C=O) groups is 2. The van der Waals surface area contributed by atoms with Crippen LogP contribution in [-0.2, 0) is 14.3 Å². The number of allylic oxidation sites excluding steroid dienone is 4. The van der Waals surface area contributed by atoms with Crippen LogP contribution in [0.5, 0.6) is 0 Å². The summed E-state index contributed by atoms with van der Waals surface area (Å²) in [4.78, 5) is 23.6. The summed E-state index contributed by atoms with van der Waals surface area (Å²) >= 11 is 0. The Bertz CT molecular complexity index is 853.